The van der Waals surface area contributed by atoms with E-state index in [4.69, 9.17) is 15.0 Å². The summed E-state index contributed by atoms with van der Waals surface area (Å²) in [5, 5.41) is 0. The van der Waals surface area contributed by atoms with Gasteiger partial charge in [-0.2, -0.15) is 0 Å². The first-order valence-electron chi connectivity index (χ1n) is 11.1. The van der Waals surface area contributed by atoms with Gasteiger partial charge in [0.25, 0.3) is 0 Å². The summed E-state index contributed by atoms with van der Waals surface area (Å²) in [5.74, 6) is 0.828. The quantitative estimate of drug-likeness (QED) is 0.371. The number of hydrogen-bond donors (Lipinski definition) is 0. The van der Waals surface area contributed by atoms with Crippen LogP contribution < -0.4 is 0 Å². The predicted octanol–water partition coefficient (Wildman–Crippen LogP) is 7.48. The number of pyridine rings is 1. The van der Waals surface area contributed by atoms with E-state index >= 15 is 0 Å². The van der Waals surface area contributed by atoms with Crippen LogP contribution in [-0.2, 0) is 6.54 Å². The molecule has 2 aromatic carbocycles. The van der Waals surface area contributed by atoms with Crippen LogP contribution in [0.3, 0.4) is 0 Å². The molecule has 0 N–H and O–H groups in total. The Bertz CT molecular complexity index is 1050. The molecule has 0 saturated heterocycles. The predicted molar refractivity (Wildman–Crippen MR) is 133 cm³/mol. The van der Waals surface area contributed by atoms with E-state index in [1.54, 1.807) is 0 Å². The lowest BCUT2D eigenvalue weighted by Crippen LogP contribution is -2.06. The minimum Gasteiger partial charge on any atom is -0.283 e. The van der Waals surface area contributed by atoms with Crippen molar-refractivity contribution in [1.29, 1.82) is 0 Å². The third kappa shape index (κ3) is 5.75. The van der Waals surface area contributed by atoms with Gasteiger partial charge < -0.3 is 0 Å². The van der Waals surface area contributed by atoms with Gasteiger partial charge in [0.15, 0.2) is 0 Å². The lowest BCUT2D eigenvalue weighted by molar-refractivity contribution is 0.834. The van der Waals surface area contributed by atoms with Crippen molar-refractivity contribution in [3.05, 3.63) is 94.8 Å². The highest BCUT2D eigenvalue weighted by Gasteiger charge is 2.14. The van der Waals surface area contributed by atoms with E-state index in [0.717, 1.165) is 28.5 Å². The molecule has 1 aromatic heterocycles. The van der Waals surface area contributed by atoms with Crippen LogP contribution >= 0.6 is 0 Å². The summed E-state index contributed by atoms with van der Waals surface area (Å²) in [6.45, 7) is 13.6. The van der Waals surface area contributed by atoms with Crippen molar-refractivity contribution < 1.29 is 0 Å². The fraction of sp³-hybridized carbons (Fsp3) is 0.321. The van der Waals surface area contributed by atoms with Gasteiger partial charge in [-0.3, -0.25) is 9.98 Å². The second kappa shape index (κ2) is 10.3. The zero-order valence-electron chi connectivity index (χ0n) is 19.6. The molecule has 3 nitrogen and oxygen atoms in total. The van der Waals surface area contributed by atoms with Gasteiger partial charge >= 0.3 is 0 Å². The first kappa shape index (κ1) is 22.6. The highest BCUT2D eigenvalue weighted by atomic mass is 14.8. The van der Waals surface area contributed by atoms with Crippen LogP contribution in [0, 0.1) is 0 Å². The minimum absolute atomic E-state index is 0.414. The zero-order valence-corrected chi connectivity index (χ0v) is 19.6. The molecular formula is C28H33N3. The molecular weight excluding hydrogens is 378 g/mol. The number of para-hydroxylation sites is 1. The summed E-state index contributed by atoms with van der Waals surface area (Å²) < 4.78 is 0. The number of hydrogen-bond acceptors (Lipinski definition) is 3. The lowest BCUT2D eigenvalue weighted by atomic mass is 9.93. The first-order chi connectivity index (χ1) is 14.9. The monoisotopic (exact) mass is 411 g/mol. The van der Waals surface area contributed by atoms with E-state index in [1.165, 1.54) is 16.7 Å². The van der Waals surface area contributed by atoms with Crippen LogP contribution in [0.25, 0.3) is 0 Å². The van der Waals surface area contributed by atoms with E-state index in [-0.39, 0.29) is 0 Å². The van der Waals surface area contributed by atoms with Crippen LogP contribution in [0.2, 0.25) is 0 Å². The standard InChI is InChI=1S/C28H33N3/c1-19(2)24-14-10-15-25(20(3)4)28(24)30-22(6)27-17-11-16-26(31-27)21(5)29-18-23-12-8-7-9-13-23/h7-17,19-20H,18H2,1-6H3/b29-21+,30-22+. The molecule has 1 heterocycles. The van der Waals surface area contributed by atoms with Gasteiger partial charge in [-0.05, 0) is 54.5 Å². The minimum atomic E-state index is 0.414. The number of rotatable bonds is 7. The van der Waals surface area contributed by atoms with Gasteiger partial charge in [0.2, 0.25) is 0 Å². The molecule has 0 aliphatic rings. The maximum Gasteiger partial charge on any atom is 0.0849 e. The van der Waals surface area contributed by atoms with Crippen LogP contribution in [0.15, 0.2) is 76.7 Å². The Morgan fingerprint density at radius 2 is 1.26 bits per heavy atom. The molecule has 0 fully saturated rings. The topological polar surface area (TPSA) is 37.6 Å². The van der Waals surface area contributed by atoms with Gasteiger partial charge in [0.1, 0.15) is 0 Å². The highest BCUT2D eigenvalue weighted by Crippen LogP contribution is 2.35. The van der Waals surface area contributed by atoms with E-state index in [0.29, 0.717) is 18.4 Å². The van der Waals surface area contributed by atoms with Gasteiger partial charge in [0, 0.05) is 0 Å². The van der Waals surface area contributed by atoms with Crippen molar-refractivity contribution in [2.75, 3.05) is 0 Å². The summed E-state index contributed by atoms with van der Waals surface area (Å²) in [5.41, 5.74) is 8.49. The average molecular weight is 412 g/mol. The molecule has 3 heteroatoms. The molecule has 0 spiro atoms. The molecule has 0 aliphatic carbocycles. The molecule has 3 aromatic rings. The van der Waals surface area contributed by atoms with Crippen LogP contribution in [0.1, 0.15) is 81.5 Å². The third-order valence-electron chi connectivity index (χ3n) is 5.45. The maximum atomic E-state index is 5.08. The van der Waals surface area contributed by atoms with E-state index < -0.39 is 0 Å². The second-order valence-corrected chi connectivity index (χ2v) is 8.59. The molecule has 0 atom stereocenters. The Morgan fingerprint density at radius 1 is 0.710 bits per heavy atom. The fourth-order valence-corrected chi connectivity index (χ4v) is 3.58. The zero-order chi connectivity index (χ0) is 22.4. The Labute approximate surface area is 187 Å². The van der Waals surface area contributed by atoms with Crippen molar-refractivity contribution in [2.45, 2.75) is 59.9 Å². The Morgan fingerprint density at radius 3 is 1.84 bits per heavy atom. The average Bonchev–Trinajstić information content (AvgIpc) is 2.78. The van der Waals surface area contributed by atoms with E-state index in [2.05, 4.69) is 58.0 Å². The SMILES string of the molecule is C/C(=N\Cc1ccccc1)c1cccc(/C(C)=N/c2c(C(C)C)cccc2C(C)C)n1. The molecule has 31 heavy (non-hydrogen) atoms. The third-order valence-corrected chi connectivity index (χ3v) is 5.45. The summed E-state index contributed by atoms with van der Waals surface area (Å²) in [6.07, 6.45) is 0. The normalized spacial score (nSPS) is 12.6. The number of benzene rings is 2. The molecule has 160 valence electrons. The van der Waals surface area contributed by atoms with Crippen molar-refractivity contribution in [3.63, 3.8) is 0 Å². The highest BCUT2D eigenvalue weighted by molar-refractivity contribution is 6.01. The van der Waals surface area contributed by atoms with Gasteiger partial charge in [0.05, 0.1) is 35.0 Å². The molecule has 0 saturated carbocycles. The summed E-state index contributed by atoms with van der Waals surface area (Å²) in [7, 11) is 0. The Kier molecular flexibility index (Phi) is 7.51. The Balaban J connectivity index is 1.93. The van der Waals surface area contributed by atoms with Crippen LogP contribution in [-0.4, -0.2) is 16.4 Å². The maximum absolute atomic E-state index is 5.08. The lowest BCUT2D eigenvalue weighted by Gasteiger charge is -2.17. The molecule has 0 amide bonds. The van der Waals surface area contributed by atoms with Gasteiger partial charge in [-0.25, -0.2) is 4.98 Å². The molecule has 0 bridgehead atoms. The Hall–Kier alpha value is -3.07. The second-order valence-electron chi connectivity index (χ2n) is 8.59. The smallest absolute Gasteiger partial charge is 0.0849 e. The molecule has 0 aliphatic heterocycles. The molecule has 0 radical (unpaired) electrons. The number of aliphatic imine (C=N–C) groups is 2. The summed E-state index contributed by atoms with van der Waals surface area (Å²) >= 11 is 0. The van der Waals surface area contributed by atoms with Gasteiger partial charge in [-0.15, -0.1) is 0 Å². The molecule has 0 unspecified atom stereocenters. The van der Waals surface area contributed by atoms with Crippen molar-refractivity contribution >= 4 is 17.1 Å². The van der Waals surface area contributed by atoms with E-state index in [9.17, 15) is 0 Å². The fourth-order valence-electron chi connectivity index (χ4n) is 3.58. The molecule has 3 rings (SSSR count). The van der Waals surface area contributed by atoms with Crippen LogP contribution in [0.5, 0.6) is 0 Å². The number of nitrogens with zero attached hydrogens (tertiary/aromatic N) is 3. The van der Waals surface area contributed by atoms with Crippen molar-refractivity contribution in [1.82, 2.24) is 4.98 Å². The van der Waals surface area contributed by atoms with Gasteiger partial charge in [-0.1, -0.05) is 82.3 Å². The summed E-state index contributed by atoms with van der Waals surface area (Å²) in [6, 6.07) is 22.9. The number of aromatic nitrogens is 1. The summed E-state index contributed by atoms with van der Waals surface area (Å²) in [4.78, 5) is 14.7. The van der Waals surface area contributed by atoms with Crippen molar-refractivity contribution in [3.8, 4) is 0 Å². The first-order valence-corrected chi connectivity index (χ1v) is 11.1. The van der Waals surface area contributed by atoms with E-state index in [1.807, 2.05) is 50.2 Å². The van der Waals surface area contributed by atoms with Crippen LogP contribution in [0.4, 0.5) is 5.69 Å². The van der Waals surface area contributed by atoms with Crippen molar-refractivity contribution in [2.24, 2.45) is 9.98 Å². The largest absolute Gasteiger partial charge is 0.283 e.